The Morgan fingerprint density at radius 3 is 1.82 bits per heavy atom. The molecule has 0 saturated carbocycles. The van der Waals surface area contributed by atoms with Crippen molar-refractivity contribution in [2.75, 3.05) is 26.4 Å². The van der Waals surface area contributed by atoms with Crippen molar-refractivity contribution in [3.8, 4) is 0 Å². The number of ether oxygens (including phenoxy) is 2. The van der Waals surface area contributed by atoms with E-state index in [9.17, 15) is 19.0 Å². The van der Waals surface area contributed by atoms with E-state index in [0.29, 0.717) is 6.42 Å². The Morgan fingerprint density at radius 2 is 1.23 bits per heavy atom. The SMILES string of the molecule is CCCCC/C=C\CCCCCCCC(=O)OC(COC(=O)CCCCCCCCC)COP(=O)(O)OCCN. The monoisotopic (exact) mass is 591 g/mol. The average Bonchev–Trinajstić information content (AvgIpc) is 2.93. The number of phosphoric ester groups is 1. The molecule has 0 saturated heterocycles. The quantitative estimate of drug-likeness (QED) is 0.0391. The fourth-order valence-electron chi connectivity index (χ4n) is 4.04. The third-order valence-corrected chi connectivity index (χ3v) is 7.39. The normalized spacial score (nSPS) is 13.8. The fourth-order valence-corrected chi connectivity index (χ4v) is 4.80. The second-order valence-electron chi connectivity index (χ2n) is 10.3. The van der Waals surface area contributed by atoms with Crippen molar-refractivity contribution >= 4 is 19.8 Å². The van der Waals surface area contributed by atoms with E-state index in [1.807, 2.05) is 0 Å². The summed E-state index contributed by atoms with van der Waals surface area (Å²) in [5, 5.41) is 0. The highest BCUT2D eigenvalue weighted by Gasteiger charge is 2.25. The lowest BCUT2D eigenvalue weighted by atomic mass is 10.1. The third kappa shape index (κ3) is 26.9. The van der Waals surface area contributed by atoms with Crippen molar-refractivity contribution in [2.24, 2.45) is 5.73 Å². The summed E-state index contributed by atoms with van der Waals surface area (Å²) in [5.41, 5.74) is 5.29. The number of rotatable bonds is 29. The summed E-state index contributed by atoms with van der Waals surface area (Å²) in [6, 6.07) is 0. The lowest BCUT2D eigenvalue weighted by molar-refractivity contribution is -0.161. The van der Waals surface area contributed by atoms with E-state index in [0.717, 1.165) is 57.8 Å². The van der Waals surface area contributed by atoms with Crippen molar-refractivity contribution in [3.63, 3.8) is 0 Å². The van der Waals surface area contributed by atoms with Gasteiger partial charge < -0.3 is 20.1 Å². The van der Waals surface area contributed by atoms with Gasteiger partial charge in [-0.2, -0.15) is 0 Å². The van der Waals surface area contributed by atoms with Crippen molar-refractivity contribution in [3.05, 3.63) is 12.2 Å². The number of nitrogens with two attached hydrogens (primary N) is 1. The number of allylic oxidation sites excluding steroid dienone is 2. The molecule has 0 aromatic carbocycles. The molecule has 40 heavy (non-hydrogen) atoms. The molecule has 0 radical (unpaired) electrons. The van der Waals surface area contributed by atoms with Crippen molar-refractivity contribution in [2.45, 2.75) is 142 Å². The number of hydrogen-bond donors (Lipinski definition) is 2. The van der Waals surface area contributed by atoms with E-state index in [2.05, 4.69) is 26.0 Å². The molecule has 0 rings (SSSR count). The molecule has 236 valence electrons. The summed E-state index contributed by atoms with van der Waals surface area (Å²) in [5.74, 6) is -0.848. The zero-order valence-electron chi connectivity index (χ0n) is 25.3. The van der Waals surface area contributed by atoms with Gasteiger partial charge in [0.15, 0.2) is 6.10 Å². The zero-order valence-corrected chi connectivity index (χ0v) is 26.2. The van der Waals surface area contributed by atoms with E-state index in [4.69, 9.17) is 24.3 Å². The molecule has 0 heterocycles. The van der Waals surface area contributed by atoms with Crippen LogP contribution in [0.2, 0.25) is 0 Å². The minimum atomic E-state index is -4.35. The highest BCUT2D eigenvalue weighted by molar-refractivity contribution is 7.47. The second-order valence-corrected chi connectivity index (χ2v) is 11.8. The Balaban J connectivity index is 4.33. The summed E-state index contributed by atoms with van der Waals surface area (Å²) < 4.78 is 32.3. The Hall–Kier alpha value is -1.25. The molecule has 2 unspecified atom stereocenters. The largest absolute Gasteiger partial charge is 0.472 e. The second kappa shape index (κ2) is 27.9. The molecule has 0 aromatic rings. The molecule has 3 N–H and O–H groups in total. The fraction of sp³-hybridized carbons (Fsp3) is 0.867. The van der Waals surface area contributed by atoms with Crippen LogP contribution < -0.4 is 5.73 Å². The Morgan fingerprint density at radius 1 is 0.725 bits per heavy atom. The van der Waals surface area contributed by atoms with Gasteiger partial charge >= 0.3 is 19.8 Å². The number of esters is 2. The van der Waals surface area contributed by atoms with Crippen LogP contribution >= 0.6 is 7.82 Å². The van der Waals surface area contributed by atoms with Gasteiger partial charge in [-0.3, -0.25) is 18.6 Å². The van der Waals surface area contributed by atoms with Gasteiger partial charge in [0, 0.05) is 19.4 Å². The van der Waals surface area contributed by atoms with Gasteiger partial charge in [-0.05, 0) is 38.5 Å². The number of carbonyl (C=O) groups excluding carboxylic acids is 2. The first-order valence-corrected chi connectivity index (χ1v) is 17.2. The molecule has 0 spiro atoms. The van der Waals surface area contributed by atoms with Crippen molar-refractivity contribution in [1.82, 2.24) is 0 Å². The van der Waals surface area contributed by atoms with Crippen LogP contribution in [0.1, 0.15) is 136 Å². The lowest BCUT2D eigenvalue weighted by Crippen LogP contribution is -2.29. The summed E-state index contributed by atoms with van der Waals surface area (Å²) in [7, 11) is -4.35. The van der Waals surface area contributed by atoms with E-state index in [1.165, 1.54) is 44.9 Å². The first kappa shape index (κ1) is 38.8. The first-order valence-electron chi connectivity index (χ1n) is 15.7. The van der Waals surface area contributed by atoms with Gasteiger partial charge in [0.2, 0.25) is 0 Å². The lowest BCUT2D eigenvalue weighted by Gasteiger charge is -2.19. The number of unbranched alkanes of at least 4 members (excludes halogenated alkanes) is 14. The summed E-state index contributed by atoms with van der Waals surface area (Å²) >= 11 is 0. The van der Waals surface area contributed by atoms with Crippen LogP contribution in [0.5, 0.6) is 0 Å². The van der Waals surface area contributed by atoms with E-state index < -0.39 is 32.5 Å². The molecule has 0 amide bonds. The van der Waals surface area contributed by atoms with Crippen LogP contribution in [0.4, 0.5) is 0 Å². The van der Waals surface area contributed by atoms with Gasteiger partial charge in [-0.15, -0.1) is 0 Å². The average molecular weight is 592 g/mol. The number of hydrogen-bond acceptors (Lipinski definition) is 8. The summed E-state index contributed by atoms with van der Waals surface area (Å²) in [4.78, 5) is 34.3. The minimum absolute atomic E-state index is 0.0539. The molecule has 0 aliphatic heterocycles. The van der Waals surface area contributed by atoms with Gasteiger partial charge in [-0.25, -0.2) is 4.57 Å². The standard InChI is InChI=1S/C30H58NO8P/c1-3-5-7-9-11-12-13-14-15-17-19-21-23-30(33)39-28(27-38-40(34,35)37-25-24-31)26-36-29(32)22-20-18-16-10-8-6-4-2/h11-12,28H,3-10,13-27,31H2,1-2H3,(H,34,35)/b12-11-. The molecule has 10 heteroatoms. The Bertz CT molecular complexity index is 689. The predicted molar refractivity (Wildman–Crippen MR) is 160 cm³/mol. The van der Waals surface area contributed by atoms with Crippen LogP contribution in [0.15, 0.2) is 12.2 Å². The van der Waals surface area contributed by atoms with Gasteiger partial charge in [0.05, 0.1) is 13.2 Å². The maximum absolute atomic E-state index is 12.4. The molecule has 0 bridgehead atoms. The van der Waals surface area contributed by atoms with Crippen molar-refractivity contribution in [1.29, 1.82) is 0 Å². The van der Waals surface area contributed by atoms with Crippen LogP contribution in [0.3, 0.4) is 0 Å². The summed E-state index contributed by atoms with van der Waals surface area (Å²) in [6.07, 6.45) is 22.6. The molecule has 0 fully saturated rings. The van der Waals surface area contributed by atoms with E-state index >= 15 is 0 Å². The molecular formula is C30H58NO8P. The van der Waals surface area contributed by atoms with E-state index in [-0.39, 0.29) is 32.6 Å². The highest BCUT2D eigenvalue weighted by atomic mass is 31.2. The summed E-state index contributed by atoms with van der Waals surface area (Å²) in [6.45, 7) is 3.61. The molecule has 2 atom stereocenters. The highest BCUT2D eigenvalue weighted by Crippen LogP contribution is 2.43. The molecule has 0 aliphatic rings. The first-order chi connectivity index (χ1) is 19.3. The molecule has 0 aliphatic carbocycles. The van der Waals surface area contributed by atoms with Gasteiger partial charge in [-0.1, -0.05) is 96.6 Å². The smallest absolute Gasteiger partial charge is 0.462 e. The maximum Gasteiger partial charge on any atom is 0.472 e. The minimum Gasteiger partial charge on any atom is -0.462 e. The number of carbonyl (C=O) groups is 2. The molecule has 9 nitrogen and oxygen atoms in total. The van der Waals surface area contributed by atoms with E-state index in [1.54, 1.807) is 0 Å². The molecule has 0 aromatic heterocycles. The Labute approximate surface area is 243 Å². The van der Waals surface area contributed by atoms with Crippen LogP contribution in [0, 0.1) is 0 Å². The van der Waals surface area contributed by atoms with Crippen LogP contribution in [-0.2, 0) is 32.7 Å². The predicted octanol–water partition coefficient (Wildman–Crippen LogP) is 7.54. The van der Waals surface area contributed by atoms with Crippen molar-refractivity contribution < 1.29 is 37.6 Å². The number of phosphoric acid groups is 1. The molecular weight excluding hydrogens is 533 g/mol. The zero-order chi connectivity index (χ0) is 29.7. The van der Waals surface area contributed by atoms with Crippen LogP contribution in [-0.4, -0.2) is 49.3 Å². The van der Waals surface area contributed by atoms with Gasteiger partial charge in [0.25, 0.3) is 0 Å². The van der Waals surface area contributed by atoms with Gasteiger partial charge in [0.1, 0.15) is 6.61 Å². The van der Waals surface area contributed by atoms with Crippen LogP contribution in [0.25, 0.3) is 0 Å². The third-order valence-electron chi connectivity index (χ3n) is 6.40. The maximum atomic E-state index is 12.4. The topological polar surface area (TPSA) is 134 Å². The Kier molecular flexibility index (Phi) is 27.0.